The molecule has 0 N–H and O–H groups in total. The Morgan fingerprint density at radius 2 is 2.43 bits per heavy atom. The molecule has 1 nitrogen and oxygen atoms in total. The number of carbonyl (C=O) groups excluding carboxylic acids is 1. The van der Waals surface area contributed by atoms with Crippen LogP contribution in [0.2, 0.25) is 0 Å². The average Bonchev–Trinajstić information content (AvgIpc) is 1.68. The average molecular weight is 115 g/mol. The van der Waals surface area contributed by atoms with Crippen LogP contribution < -0.4 is 0 Å². The van der Waals surface area contributed by atoms with E-state index in [2.05, 4.69) is 6.58 Å². The van der Waals surface area contributed by atoms with E-state index in [1.54, 1.807) is 5.75 Å². The molecule has 7 heavy (non-hydrogen) atoms. The summed E-state index contributed by atoms with van der Waals surface area (Å²) in [5.74, 6) is 1.73. The van der Waals surface area contributed by atoms with Gasteiger partial charge < -0.3 is 0 Å². The number of hydrogen-bond donors (Lipinski definition) is 0. The zero-order chi connectivity index (χ0) is 5.70. The van der Waals surface area contributed by atoms with Crippen molar-refractivity contribution in [2.45, 2.75) is 6.92 Å². The Morgan fingerprint density at radius 3 is 2.57 bits per heavy atom. The molecule has 0 aromatic carbocycles. The summed E-state index contributed by atoms with van der Waals surface area (Å²) in [6.07, 6.45) is 1.30. The maximum Gasteiger partial charge on any atom is 0.211 e. The smallest absolute Gasteiger partial charge is 0.211 e. The molecule has 0 aromatic heterocycles. The van der Waals surface area contributed by atoms with Gasteiger partial charge in [0.05, 0.1) is 0 Å². The lowest BCUT2D eigenvalue weighted by atomic mass is 10.7. The van der Waals surface area contributed by atoms with Crippen LogP contribution in [0.25, 0.3) is 0 Å². The van der Waals surface area contributed by atoms with Crippen molar-refractivity contribution in [3.05, 3.63) is 18.4 Å². The van der Waals surface area contributed by atoms with E-state index in [-0.39, 0.29) is 5.12 Å². The summed E-state index contributed by atoms with van der Waals surface area (Å²) in [6.45, 7) is 5.10. The van der Waals surface area contributed by atoms with E-state index < -0.39 is 0 Å². The van der Waals surface area contributed by atoms with Crippen LogP contribution in [0.3, 0.4) is 0 Å². The molecule has 0 aliphatic carbocycles. The van der Waals surface area contributed by atoms with Crippen LogP contribution in [0, 0.1) is 5.75 Å². The highest BCUT2D eigenvalue weighted by Gasteiger charge is 1.88. The second-order valence-electron chi connectivity index (χ2n) is 0.877. The van der Waals surface area contributed by atoms with Gasteiger partial charge in [-0.1, -0.05) is 25.3 Å². The summed E-state index contributed by atoms with van der Waals surface area (Å²) < 4.78 is 0. The SMILES string of the molecule is C=CC(=O)S[CH]C. The molecule has 0 saturated heterocycles. The van der Waals surface area contributed by atoms with Crippen molar-refractivity contribution in [2.24, 2.45) is 0 Å². The van der Waals surface area contributed by atoms with Gasteiger partial charge in [-0.3, -0.25) is 4.79 Å². The molecule has 0 unspecified atom stereocenters. The Morgan fingerprint density at radius 1 is 1.86 bits per heavy atom. The molecular weight excluding hydrogens is 108 g/mol. The molecule has 0 fully saturated rings. The molecule has 39 valence electrons. The zero-order valence-electron chi connectivity index (χ0n) is 4.18. The maximum absolute atomic E-state index is 10.2. The van der Waals surface area contributed by atoms with Crippen molar-refractivity contribution in [2.75, 3.05) is 0 Å². The Balaban J connectivity index is 3.17. The molecule has 1 radical (unpaired) electrons. The summed E-state index contributed by atoms with van der Waals surface area (Å²) in [7, 11) is 0. The highest BCUT2D eigenvalue weighted by Crippen LogP contribution is 2.04. The van der Waals surface area contributed by atoms with E-state index in [0.717, 1.165) is 11.8 Å². The van der Waals surface area contributed by atoms with E-state index in [0.29, 0.717) is 0 Å². The molecule has 0 rings (SSSR count). The molecule has 2 heteroatoms. The first-order chi connectivity index (χ1) is 3.31. The van der Waals surface area contributed by atoms with E-state index in [1.807, 2.05) is 6.92 Å². The number of hydrogen-bond acceptors (Lipinski definition) is 2. The number of carbonyl (C=O) groups is 1. The van der Waals surface area contributed by atoms with Gasteiger partial charge in [0.2, 0.25) is 5.12 Å². The summed E-state index contributed by atoms with van der Waals surface area (Å²) in [4.78, 5) is 10.2. The summed E-state index contributed by atoms with van der Waals surface area (Å²) in [6, 6.07) is 0. The lowest BCUT2D eigenvalue weighted by molar-refractivity contribution is -0.106. The highest BCUT2D eigenvalue weighted by molar-refractivity contribution is 8.15. The summed E-state index contributed by atoms with van der Waals surface area (Å²) >= 11 is 1.15. The quantitative estimate of drug-likeness (QED) is 0.508. The van der Waals surface area contributed by atoms with E-state index in [4.69, 9.17) is 0 Å². The molecule has 0 spiro atoms. The van der Waals surface area contributed by atoms with Gasteiger partial charge in [0.15, 0.2) is 0 Å². The van der Waals surface area contributed by atoms with Crippen molar-refractivity contribution >= 4 is 16.9 Å². The van der Waals surface area contributed by atoms with Crippen LogP contribution in [0.4, 0.5) is 0 Å². The second-order valence-corrected chi connectivity index (χ2v) is 1.99. The minimum Gasteiger partial charge on any atom is -0.282 e. The van der Waals surface area contributed by atoms with Gasteiger partial charge in [-0.2, -0.15) is 0 Å². The molecule has 0 bridgehead atoms. The lowest BCUT2D eigenvalue weighted by Gasteiger charge is -1.82. The van der Waals surface area contributed by atoms with Crippen LogP contribution in [-0.2, 0) is 4.79 Å². The minimum atomic E-state index is 0.00231. The lowest BCUT2D eigenvalue weighted by Crippen LogP contribution is -1.78. The van der Waals surface area contributed by atoms with E-state index in [9.17, 15) is 4.79 Å². The number of thioether (sulfide) groups is 1. The topological polar surface area (TPSA) is 17.1 Å². The third kappa shape index (κ3) is 3.59. The monoisotopic (exact) mass is 115 g/mol. The largest absolute Gasteiger partial charge is 0.282 e. The predicted octanol–water partition coefficient (Wildman–Crippen LogP) is 1.61. The van der Waals surface area contributed by atoms with Gasteiger partial charge in [0.1, 0.15) is 0 Å². The first kappa shape index (κ1) is 6.76. The summed E-state index contributed by atoms with van der Waals surface area (Å²) in [5.41, 5.74) is 0. The van der Waals surface area contributed by atoms with Crippen molar-refractivity contribution in [1.82, 2.24) is 0 Å². The van der Waals surface area contributed by atoms with E-state index in [1.165, 1.54) is 6.08 Å². The second kappa shape index (κ2) is 3.93. The van der Waals surface area contributed by atoms with Crippen LogP contribution in [0.1, 0.15) is 6.92 Å². The van der Waals surface area contributed by atoms with Crippen LogP contribution in [0.15, 0.2) is 12.7 Å². The first-order valence-electron chi connectivity index (χ1n) is 1.92. The van der Waals surface area contributed by atoms with Crippen molar-refractivity contribution in [3.63, 3.8) is 0 Å². The fourth-order valence-electron chi connectivity index (χ4n) is 0.164. The number of rotatable bonds is 2. The molecular formula is C5H7OS. The van der Waals surface area contributed by atoms with Crippen LogP contribution >= 0.6 is 11.8 Å². The van der Waals surface area contributed by atoms with Gasteiger partial charge in [-0.05, 0) is 6.08 Å². The van der Waals surface area contributed by atoms with Gasteiger partial charge in [0.25, 0.3) is 0 Å². The van der Waals surface area contributed by atoms with Gasteiger partial charge in [-0.25, -0.2) is 0 Å². The fraction of sp³-hybridized carbons (Fsp3) is 0.200. The standard InChI is InChI=1S/C5H7OS/c1-3-5(6)7-4-2/h3-4H,1H2,2H3. The Labute approximate surface area is 47.8 Å². The minimum absolute atomic E-state index is 0.00231. The van der Waals surface area contributed by atoms with Crippen molar-refractivity contribution in [1.29, 1.82) is 0 Å². The first-order valence-corrected chi connectivity index (χ1v) is 2.80. The fourth-order valence-corrected chi connectivity index (χ4v) is 0.493. The third-order valence-electron chi connectivity index (χ3n) is 0.401. The van der Waals surface area contributed by atoms with Gasteiger partial charge in [-0.15, -0.1) is 0 Å². The van der Waals surface area contributed by atoms with Crippen molar-refractivity contribution < 1.29 is 4.79 Å². The Hall–Kier alpha value is -0.240. The molecule has 0 atom stereocenters. The maximum atomic E-state index is 10.2. The van der Waals surface area contributed by atoms with Crippen LogP contribution in [0.5, 0.6) is 0 Å². The summed E-state index contributed by atoms with van der Waals surface area (Å²) in [5, 5.41) is 0.00231. The zero-order valence-corrected chi connectivity index (χ0v) is 4.99. The molecule has 0 aromatic rings. The van der Waals surface area contributed by atoms with Crippen molar-refractivity contribution in [3.8, 4) is 0 Å². The van der Waals surface area contributed by atoms with Gasteiger partial charge in [0, 0.05) is 5.75 Å². The molecule has 0 heterocycles. The van der Waals surface area contributed by atoms with Gasteiger partial charge >= 0.3 is 0 Å². The predicted molar refractivity (Wildman–Crippen MR) is 32.8 cm³/mol. The molecule has 0 aliphatic rings. The molecule has 0 saturated carbocycles. The third-order valence-corrected chi connectivity index (χ3v) is 1.04. The van der Waals surface area contributed by atoms with Crippen LogP contribution in [-0.4, -0.2) is 5.12 Å². The molecule has 0 amide bonds. The Bertz CT molecular complexity index is 78.1. The van der Waals surface area contributed by atoms with E-state index >= 15 is 0 Å². The Kier molecular flexibility index (Phi) is 3.80. The highest BCUT2D eigenvalue weighted by atomic mass is 32.2. The molecule has 0 aliphatic heterocycles. The normalized spacial score (nSPS) is 8.14.